The first-order valence-electron chi connectivity index (χ1n) is 10.8. The fourth-order valence-electron chi connectivity index (χ4n) is 4.12. The van der Waals surface area contributed by atoms with Gasteiger partial charge in [0.25, 0.3) is 5.91 Å². The predicted octanol–water partition coefficient (Wildman–Crippen LogP) is 2.11. The average Bonchev–Trinajstić information content (AvgIpc) is 2.77. The molecule has 2 atom stereocenters. The van der Waals surface area contributed by atoms with E-state index < -0.39 is 30.1 Å². The number of hydrogen-bond donors (Lipinski definition) is 4. The van der Waals surface area contributed by atoms with Crippen LogP contribution in [0, 0.1) is 5.41 Å². The molecule has 186 valence electrons. The van der Waals surface area contributed by atoms with Gasteiger partial charge in [0.2, 0.25) is 5.91 Å². The number of nitrogens with zero attached hydrogens (tertiary/aromatic N) is 1. The summed E-state index contributed by atoms with van der Waals surface area (Å²) in [5, 5.41) is 21.5. The van der Waals surface area contributed by atoms with E-state index in [0.29, 0.717) is 12.0 Å². The molecular formula is C23H23ClF2N4O5. The van der Waals surface area contributed by atoms with E-state index in [1.54, 1.807) is 24.3 Å². The summed E-state index contributed by atoms with van der Waals surface area (Å²) in [5.41, 5.74) is 4.56. The van der Waals surface area contributed by atoms with Crippen LogP contribution in [-0.4, -0.2) is 53.5 Å². The predicted molar refractivity (Wildman–Crippen MR) is 122 cm³/mol. The van der Waals surface area contributed by atoms with E-state index >= 15 is 0 Å². The summed E-state index contributed by atoms with van der Waals surface area (Å²) >= 11 is 6.03. The number of aliphatic hydroxyl groups is 1. The zero-order valence-corrected chi connectivity index (χ0v) is 19.1. The fraction of sp³-hybridized carbons (Fsp3) is 0.348. The molecule has 1 saturated heterocycles. The third kappa shape index (κ3) is 4.87. The zero-order chi connectivity index (χ0) is 25.3. The molecule has 2 aromatic rings. The van der Waals surface area contributed by atoms with Crippen molar-refractivity contribution in [2.45, 2.75) is 37.6 Å². The Morgan fingerprint density at radius 1 is 1.34 bits per heavy atom. The summed E-state index contributed by atoms with van der Waals surface area (Å²) in [7, 11) is 0. The SMILES string of the molecule is N=C(N)c1ccc(CNC(=O)C2CCN2C(=O)C2(O)CCOc3c(OC(F)F)cc(Cl)cc32)cc1. The Bertz CT molecular complexity index is 1160. The van der Waals surface area contributed by atoms with Crippen molar-refractivity contribution in [3.05, 3.63) is 58.1 Å². The summed E-state index contributed by atoms with van der Waals surface area (Å²) in [5.74, 6) is -1.78. The highest BCUT2D eigenvalue weighted by atomic mass is 35.5. The minimum atomic E-state index is -3.16. The lowest BCUT2D eigenvalue weighted by Crippen LogP contribution is -2.63. The molecule has 12 heteroatoms. The molecule has 2 amide bonds. The maximum Gasteiger partial charge on any atom is 0.387 e. The lowest BCUT2D eigenvalue weighted by Gasteiger charge is -2.45. The van der Waals surface area contributed by atoms with Gasteiger partial charge in [-0.1, -0.05) is 35.9 Å². The molecule has 4 rings (SSSR count). The second-order valence-electron chi connectivity index (χ2n) is 8.25. The van der Waals surface area contributed by atoms with Crippen LogP contribution in [0.4, 0.5) is 8.78 Å². The fourth-order valence-corrected chi connectivity index (χ4v) is 4.32. The molecule has 35 heavy (non-hydrogen) atoms. The molecule has 1 fully saturated rings. The van der Waals surface area contributed by atoms with Gasteiger partial charge in [-0.15, -0.1) is 0 Å². The number of likely N-dealkylation sites (tertiary alicyclic amines) is 1. The number of ether oxygens (including phenoxy) is 2. The number of halogens is 3. The summed E-state index contributed by atoms with van der Waals surface area (Å²) < 4.78 is 35.6. The van der Waals surface area contributed by atoms with Gasteiger partial charge in [0.1, 0.15) is 11.9 Å². The van der Waals surface area contributed by atoms with Gasteiger partial charge in [-0.25, -0.2) is 0 Å². The monoisotopic (exact) mass is 508 g/mol. The number of amides is 2. The normalized spacial score (nSPS) is 20.9. The molecule has 0 spiro atoms. The first kappa shape index (κ1) is 24.7. The van der Waals surface area contributed by atoms with Crippen LogP contribution >= 0.6 is 11.6 Å². The molecule has 2 aliphatic rings. The van der Waals surface area contributed by atoms with Gasteiger partial charge in [0.05, 0.1) is 6.61 Å². The Hall–Kier alpha value is -3.44. The maximum atomic E-state index is 13.4. The summed E-state index contributed by atoms with van der Waals surface area (Å²) in [6.45, 7) is -2.85. The van der Waals surface area contributed by atoms with Gasteiger partial charge in [-0.05, 0) is 18.1 Å². The number of nitrogens with two attached hydrogens (primary N) is 1. The smallest absolute Gasteiger partial charge is 0.387 e. The van der Waals surface area contributed by atoms with Crippen molar-refractivity contribution >= 4 is 29.3 Å². The summed E-state index contributed by atoms with van der Waals surface area (Å²) in [4.78, 5) is 27.4. The molecular weight excluding hydrogens is 486 g/mol. The number of nitrogen functional groups attached to an aromatic ring is 1. The van der Waals surface area contributed by atoms with Crippen LogP contribution in [0.2, 0.25) is 5.02 Å². The summed E-state index contributed by atoms with van der Waals surface area (Å²) in [6, 6.07) is 8.37. The number of nitrogens with one attached hydrogen (secondary N) is 2. The van der Waals surface area contributed by atoms with Crippen LogP contribution in [0.15, 0.2) is 36.4 Å². The highest BCUT2D eigenvalue weighted by Crippen LogP contribution is 2.46. The number of benzene rings is 2. The van der Waals surface area contributed by atoms with Crippen molar-refractivity contribution in [2.24, 2.45) is 5.73 Å². The second kappa shape index (κ2) is 9.67. The minimum Gasteiger partial charge on any atom is -0.489 e. The number of rotatable bonds is 7. The third-order valence-electron chi connectivity index (χ3n) is 6.06. The van der Waals surface area contributed by atoms with E-state index in [9.17, 15) is 23.5 Å². The van der Waals surface area contributed by atoms with Crippen molar-refractivity contribution in [2.75, 3.05) is 13.2 Å². The molecule has 2 heterocycles. The van der Waals surface area contributed by atoms with Crippen molar-refractivity contribution in [3.8, 4) is 11.5 Å². The number of carbonyl (C=O) groups excluding carboxylic acids is 2. The average molecular weight is 509 g/mol. The van der Waals surface area contributed by atoms with E-state index in [4.69, 9.17) is 27.5 Å². The molecule has 2 aliphatic heterocycles. The molecule has 2 unspecified atom stereocenters. The van der Waals surface area contributed by atoms with E-state index in [0.717, 1.165) is 11.6 Å². The number of alkyl halides is 2. The number of fused-ring (bicyclic) bond motifs is 1. The highest BCUT2D eigenvalue weighted by Gasteiger charge is 2.51. The van der Waals surface area contributed by atoms with Crippen molar-refractivity contribution in [3.63, 3.8) is 0 Å². The molecule has 9 nitrogen and oxygen atoms in total. The van der Waals surface area contributed by atoms with E-state index in [2.05, 4.69) is 10.1 Å². The Morgan fingerprint density at radius 2 is 2.06 bits per heavy atom. The van der Waals surface area contributed by atoms with Gasteiger partial charge in [-0.3, -0.25) is 15.0 Å². The van der Waals surface area contributed by atoms with E-state index in [1.165, 1.54) is 11.0 Å². The van der Waals surface area contributed by atoms with Gasteiger partial charge >= 0.3 is 6.61 Å². The topological polar surface area (TPSA) is 138 Å². The standard InChI is InChI=1S/C23H23ClF2N4O5/c24-14-9-15-18(17(10-14)35-22(25)26)34-8-6-23(15,33)21(32)30-7-5-16(30)20(31)29-11-12-1-3-13(4-2-12)19(27)28/h1-4,9-10,16,22,33H,5-8,11H2,(H3,27,28)(H,29,31). The van der Waals surface area contributed by atoms with Crippen LogP contribution in [0.5, 0.6) is 11.5 Å². The number of hydrogen-bond acceptors (Lipinski definition) is 6. The Kier molecular flexibility index (Phi) is 6.82. The van der Waals surface area contributed by atoms with Crippen LogP contribution < -0.4 is 20.5 Å². The molecule has 0 aromatic heterocycles. The van der Waals surface area contributed by atoms with Crippen LogP contribution in [0.3, 0.4) is 0 Å². The Balaban J connectivity index is 1.48. The van der Waals surface area contributed by atoms with Gasteiger partial charge in [0.15, 0.2) is 17.1 Å². The zero-order valence-electron chi connectivity index (χ0n) is 18.4. The molecule has 2 aromatic carbocycles. The van der Waals surface area contributed by atoms with Crippen molar-refractivity contribution in [1.82, 2.24) is 10.2 Å². The first-order valence-corrected chi connectivity index (χ1v) is 11.1. The number of amidine groups is 1. The largest absolute Gasteiger partial charge is 0.489 e. The van der Waals surface area contributed by atoms with Gasteiger partial charge in [0, 0.05) is 41.7 Å². The maximum absolute atomic E-state index is 13.4. The quantitative estimate of drug-likeness (QED) is 0.334. The van der Waals surface area contributed by atoms with Crippen LogP contribution in [0.25, 0.3) is 0 Å². The molecule has 0 saturated carbocycles. The van der Waals surface area contributed by atoms with Gasteiger partial charge < -0.3 is 30.5 Å². The van der Waals surface area contributed by atoms with Crippen molar-refractivity contribution < 1.29 is 33.0 Å². The molecule has 0 aliphatic carbocycles. The summed E-state index contributed by atoms with van der Waals surface area (Å²) in [6.07, 6.45) is 0.246. The molecule has 0 bridgehead atoms. The Labute approximate surface area is 204 Å². The highest BCUT2D eigenvalue weighted by molar-refractivity contribution is 6.31. The lowest BCUT2D eigenvalue weighted by atomic mass is 9.84. The lowest BCUT2D eigenvalue weighted by molar-refractivity contribution is -0.167. The first-order chi connectivity index (χ1) is 16.6. The second-order valence-corrected chi connectivity index (χ2v) is 8.69. The Morgan fingerprint density at radius 3 is 2.66 bits per heavy atom. The van der Waals surface area contributed by atoms with Crippen LogP contribution in [0.1, 0.15) is 29.5 Å². The van der Waals surface area contributed by atoms with E-state index in [1.807, 2.05) is 0 Å². The molecule has 0 radical (unpaired) electrons. The van der Waals surface area contributed by atoms with Crippen molar-refractivity contribution in [1.29, 1.82) is 5.41 Å². The van der Waals surface area contributed by atoms with Crippen LogP contribution in [-0.2, 0) is 21.7 Å². The third-order valence-corrected chi connectivity index (χ3v) is 6.28. The van der Waals surface area contributed by atoms with E-state index in [-0.39, 0.29) is 54.0 Å². The number of carbonyl (C=O) groups is 2. The minimum absolute atomic E-state index is 0.0233. The molecule has 5 N–H and O–H groups in total. The van der Waals surface area contributed by atoms with Gasteiger partial charge in [-0.2, -0.15) is 8.78 Å².